The van der Waals surface area contributed by atoms with E-state index in [1.165, 1.54) is 0 Å². The summed E-state index contributed by atoms with van der Waals surface area (Å²) in [5.41, 5.74) is 10.9. The zero-order valence-electron chi connectivity index (χ0n) is 14.9. The van der Waals surface area contributed by atoms with Gasteiger partial charge in [-0.1, -0.05) is 32.0 Å². The van der Waals surface area contributed by atoms with Crippen molar-refractivity contribution in [2.24, 2.45) is 5.73 Å². The van der Waals surface area contributed by atoms with E-state index in [4.69, 9.17) is 5.73 Å². The molecule has 5 nitrogen and oxygen atoms in total. The van der Waals surface area contributed by atoms with Crippen LogP contribution in [0.15, 0.2) is 61.1 Å². The number of primary amides is 1. The predicted octanol–water partition coefficient (Wildman–Crippen LogP) is 3.98. The quantitative estimate of drug-likeness (QED) is 0.707. The van der Waals surface area contributed by atoms with Gasteiger partial charge in [0.2, 0.25) is 0 Å². The second-order valence-corrected chi connectivity index (χ2v) is 6.46. The zero-order chi connectivity index (χ0) is 18.5. The minimum absolute atomic E-state index is 0.271. The van der Waals surface area contributed by atoms with E-state index in [0.29, 0.717) is 17.8 Å². The van der Waals surface area contributed by atoms with Crippen LogP contribution in [-0.2, 0) is 6.54 Å². The van der Waals surface area contributed by atoms with Crippen molar-refractivity contribution in [3.8, 4) is 11.1 Å². The first-order valence-electron chi connectivity index (χ1n) is 8.57. The molecule has 0 unspecified atom stereocenters. The molecule has 0 aliphatic rings. The summed E-state index contributed by atoms with van der Waals surface area (Å²) < 4.78 is 0. The molecule has 3 N–H and O–H groups in total. The summed E-state index contributed by atoms with van der Waals surface area (Å²) in [5, 5.41) is 3.33. The van der Waals surface area contributed by atoms with Gasteiger partial charge in [0.1, 0.15) is 0 Å². The lowest BCUT2D eigenvalue weighted by molar-refractivity contribution is 0.100. The third kappa shape index (κ3) is 4.06. The maximum atomic E-state index is 11.7. The number of nitrogens with zero attached hydrogens (tertiary/aromatic N) is 2. The summed E-state index contributed by atoms with van der Waals surface area (Å²) in [6.45, 7) is 4.71. The highest BCUT2D eigenvalue weighted by atomic mass is 16.1. The van der Waals surface area contributed by atoms with Crippen molar-refractivity contribution in [3.05, 3.63) is 77.9 Å². The molecule has 132 valence electrons. The van der Waals surface area contributed by atoms with Crippen molar-refractivity contribution in [3.63, 3.8) is 0 Å². The summed E-state index contributed by atoms with van der Waals surface area (Å²) in [7, 11) is 0. The highest BCUT2D eigenvalue weighted by Crippen LogP contribution is 2.23. The first kappa shape index (κ1) is 17.6. The van der Waals surface area contributed by atoms with Gasteiger partial charge in [0.05, 0.1) is 11.3 Å². The van der Waals surface area contributed by atoms with E-state index >= 15 is 0 Å². The second-order valence-electron chi connectivity index (χ2n) is 6.46. The molecule has 0 spiro atoms. The number of carbonyl (C=O) groups excluding carboxylic acids is 1. The highest BCUT2D eigenvalue weighted by molar-refractivity contribution is 5.98. The van der Waals surface area contributed by atoms with Crippen LogP contribution in [0.3, 0.4) is 0 Å². The Hall–Kier alpha value is -3.21. The van der Waals surface area contributed by atoms with Gasteiger partial charge >= 0.3 is 0 Å². The van der Waals surface area contributed by atoms with E-state index in [-0.39, 0.29) is 5.92 Å². The Kier molecular flexibility index (Phi) is 5.27. The van der Waals surface area contributed by atoms with E-state index in [1.807, 2.05) is 30.3 Å². The van der Waals surface area contributed by atoms with Gasteiger partial charge in [-0.25, -0.2) is 0 Å². The number of benzene rings is 1. The normalized spacial score (nSPS) is 10.7. The summed E-state index contributed by atoms with van der Waals surface area (Å²) in [6, 6.07) is 14.1. The molecule has 0 aliphatic carbocycles. The van der Waals surface area contributed by atoms with Crippen LogP contribution in [0.25, 0.3) is 11.1 Å². The Morgan fingerprint density at radius 3 is 2.58 bits per heavy atom. The molecule has 5 heteroatoms. The van der Waals surface area contributed by atoms with Gasteiger partial charge in [-0.15, -0.1) is 0 Å². The maximum absolute atomic E-state index is 11.7. The fourth-order valence-corrected chi connectivity index (χ4v) is 2.73. The maximum Gasteiger partial charge on any atom is 0.252 e. The van der Waals surface area contributed by atoms with E-state index in [2.05, 4.69) is 41.3 Å². The molecule has 2 aromatic heterocycles. The number of pyridine rings is 2. The average Bonchev–Trinajstić information content (AvgIpc) is 2.67. The summed E-state index contributed by atoms with van der Waals surface area (Å²) in [6.07, 6.45) is 5.11. The predicted molar refractivity (Wildman–Crippen MR) is 104 cm³/mol. The smallest absolute Gasteiger partial charge is 0.252 e. The van der Waals surface area contributed by atoms with Crippen LogP contribution in [-0.4, -0.2) is 15.9 Å². The zero-order valence-corrected chi connectivity index (χ0v) is 14.9. The molecule has 0 saturated carbocycles. The molecule has 3 rings (SSSR count). The van der Waals surface area contributed by atoms with Crippen LogP contribution < -0.4 is 11.1 Å². The molecule has 0 bridgehead atoms. The van der Waals surface area contributed by atoms with Gasteiger partial charge in [0, 0.05) is 30.8 Å². The molecule has 0 radical (unpaired) electrons. The van der Waals surface area contributed by atoms with Gasteiger partial charge in [0.15, 0.2) is 0 Å². The second kappa shape index (κ2) is 7.78. The molecular formula is C21H22N4O. The van der Waals surface area contributed by atoms with Crippen LogP contribution in [0.1, 0.15) is 41.4 Å². The number of hydrogen-bond acceptors (Lipinski definition) is 4. The molecule has 0 atom stereocenters. The molecule has 1 aromatic carbocycles. The Balaban J connectivity index is 1.83. The SMILES string of the molecule is CC(C)c1cc(NCc2cccc(-c3ccncc3)c2)c(C(N)=O)cn1. The monoisotopic (exact) mass is 346 g/mol. The summed E-state index contributed by atoms with van der Waals surface area (Å²) >= 11 is 0. The lowest BCUT2D eigenvalue weighted by Crippen LogP contribution is -2.15. The third-order valence-corrected chi connectivity index (χ3v) is 4.21. The lowest BCUT2D eigenvalue weighted by atomic mass is 10.0. The lowest BCUT2D eigenvalue weighted by Gasteiger charge is -2.13. The van der Waals surface area contributed by atoms with Gasteiger partial charge in [-0.05, 0) is 46.9 Å². The van der Waals surface area contributed by atoms with E-state index in [9.17, 15) is 4.79 Å². The van der Waals surface area contributed by atoms with Gasteiger partial charge in [0.25, 0.3) is 5.91 Å². The van der Waals surface area contributed by atoms with Crippen LogP contribution in [0.4, 0.5) is 5.69 Å². The summed E-state index contributed by atoms with van der Waals surface area (Å²) in [4.78, 5) is 20.1. The fraction of sp³-hybridized carbons (Fsp3) is 0.190. The van der Waals surface area contributed by atoms with Gasteiger partial charge in [-0.3, -0.25) is 14.8 Å². The largest absolute Gasteiger partial charge is 0.380 e. The minimum atomic E-state index is -0.485. The molecule has 0 saturated heterocycles. The number of amides is 1. The van der Waals surface area contributed by atoms with Crippen molar-refractivity contribution in [1.29, 1.82) is 0 Å². The fourth-order valence-electron chi connectivity index (χ4n) is 2.73. The minimum Gasteiger partial charge on any atom is -0.380 e. The number of nitrogens with two attached hydrogens (primary N) is 1. The molecular weight excluding hydrogens is 324 g/mol. The van der Waals surface area contributed by atoms with E-state index < -0.39 is 5.91 Å². The highest BCUT2D eigenvalue weighted by Gasteiger charge is 2.12. The number of rotatable bonds is 6. The number of anilines is 1. The Labute approximate surface area is 153 Å². The standard InChI is InChI=1S/C21H22N4O/c1-14(2)19-11-20(18(13-25-19)21(22)26)24-12-15-4-3-5-17(10-15)16-6-8-23-9-7-16/h3-11,13-14H,12H2,1-2H3,(H2,22,26)(H,24,25). The first-order valence-corrected chi connectivity index (χ1v) is 8.57. The molecule has 0 fully saturated rings. The number of nitrogens with one attached hydrogen (secondary N) is 1. The van der Waals surface area contributed by atoms with Crippen molar-refractivity contribution in [1.82, 2.24) is 9.97 Å². The molecule has 26 heavy (non-hydrogen) atoms. The molecule has 3 aromatic rings. The van der Waals surface area contributed by atoms with E-state index in [1.54, 1.807) is 18.6 Å². The van der Waals surface area contributed by atoms with Gasteiger partial charge < -0.3 is 11.1 Å². The average molecular weight is 346 g/mol. The van der Waals surface area contributed by atoms with E-state index in [0.717, 1.165) is 22.4 Å². The number of aromatic nitrogens is 2. The van der Waals surface area contributed by atoms with Crippen LogP contribution >= 0.6 is 0 Å². The number of hydrogen-bond donors (Lipinski definition) is 2. The topological polar surface area (TPSA) is 80.9 Å². The van der Waals surface area contributed by atoms with Crippen molar-refractivity contribution in [2.75, 3.05) is 5.32 Å². The van der Waals surface area contributed by atoms with Crippen molar-refractivity contribution in [2.45, 2.75) is 26.3 Å². The van der Waals surface area contributed by atoms with Crippen molar-refractivity contribution >= 4 is 11.6 Å². The molecule has 2 heterocycles. The third-order valence-electron chi connectivity index (χ3n) is 4.21. The van der Waals surface area contributed by atoms with Crippen LogP contribution in [0.5, 0.6) is 0 Å². The Bertz CT molecular complexity index is 907. The number of carbonyl (C=O) groups is 1. The summed E-state index contributed by atoms with van der Waals surface area (Å²) in [5.74, 6) is -0.215. The van der Waals surface area contributed by atoms with Crippen LogP contribution in [0, 0.1) is 0 Å². The first-order chi connectivity index (χ1) is 12.5. The van der Waals surface area contributed by atoms with Crippen molar-refractivity contribution < 1.29 is 4.79 Å². The van der Waals surface area contributed by atoms with Gasteiger partial charge in [-0.2, -0.15) is 0 Å². The Morgan fingerprint density at radius 1 is 1.12 bits per heavy atom. The molecule has 1 amide bonds. The Morgan fingerprint density at radius 2 is 1.88 bits per heavy atom. The molecule has 0 aliphatic heterocycles. The van der Waals surface area contributed by atoms with Crippen LogP contribution in [0.2, 0.25) is 0 Å².